The normalized spacial score (nSPS) is 19.3. The summed E-state index contributed by atoms with van der Waals surface area (Å²) in [7, 11) is 0. The van der Waals surface area contributed by atoms with Crippen LogP contribution < -0.4 is 14.8 Å². The molecule has 1 spiro atoms. The summed E-state index contributed by atoms with van der Waals surface area (Å²) in [5.41, 5.74) is 2.19. The molecule has 1 saturated heterocycles. The molecule has 32 heavy (non-hydrogen) atoms. The highest BCUT2D eigenvalue weighted by Crippen LogP contribution is 2.41. The summed E-state index contributed by atoms with van der Waals surface area (Å²) < 4.78 is 16.5. The van der Waals surface area contributed by atoms with E-state index in [0.29, 0.717) is 42.0 Å². The van der Waals surface area contributed by atoms with Crippen LogP contribution in [-0.2, 0) is 27.4 Å². The number of likely N-dealkylation sites (tertiary alicyclic amines) is 1. The summed E-state index contributed by atoms with van der Waals surface area (Å²) in [6, 6.07) is 15.9. The van der Waals surface area contributed by atoms with Crippen molar-refractivity contribution in [2.24, 2.45) is 0 Å². The van der Waals surface area contributed by atoms with Gasteiger partial charge in [0.1, 0.15) is 5.60 Å². The van der Waals surface area contributed by atoms with Gasteiger partial charge in [0.05, 0.1) is 5.57 Å². The van der Waals surface area contributed by atoms with Crippen LogP contribution in [0.1, 0.15) is 30.9 Å². The Bertz CT molecular complexity index is 1070. The van der Waals surface area contributed by atoms with Gasteiger partial charge in [0.15, 0.2) is 11.5 Å². The minimum atomic E-state index is -0.840. The maximum atomic E-state index is 13.2. The minimum Gasteiger partial charge on any atom is -0.454 e. The number of amides is 1. The predicted octanol–water partition coefficient (Wildman–Crippen LogP) is 2.94. The molecule has 3 heterocycles. The third-order valence-electron chi connectivity index (χ3n) is 6.45. The molecule has 166 valence electrons. The zero-order chi connectivity index (χ0) is 22.1. The van der Waals surface area contributed by atoms with E-state index >= 15 is 0 Å². The van der Waals surface area contributed by atoms with Crippen molar-refractivity contribution in [2.75, 3.05) is 19.9 Å². The van der Waals surface area contributed by atoms with Crippen LogP contribution in [0.5, 0.6) is 11.5 Å². The maximum Gasteiger partial charge on any atom is 0.335 e. The number of hydrogen-bond donors (Lipinski definition) is 1. The molecule has 1 fully saturated rings. The molecule has 0 saturated carbocycles. The number of nitrogens with one attached hydrogen (secondary N) is 1. The van der Waals surface area contributed by atoms with Gasteiger partial charge in [0.25, 0.3) is 5.91 Å². The van der Waals surface area contributed by atoms with Crippen LogP contribution in [0.25, 0.3) is 0 Å². The molecule has 7 nitrogen and oxygen atoms in total. The van der Waals surface area contributed by atoms with Gasteiger partial charge >= 0.3 is 5.97 Å². The molecule has 0 radical (unpaired) electrons. The lowest BCUT2D eigenvalue weighted by molar-refractivity contribution is -0.151. The molecular weight excluding hydrogens is 408 g/mol. The van der Waals surface area contributed by atoms with Gasteiger partial charge < -0.3 is 19.5 Å². The summed E-state index contributed by atoms with van der Waals surface area (Å²) in [6.45, 7) is 4.59. The van der Waals surface area contributed by atoms with Crippen LogP contribution in [-0.4, -0.2) is 42.3 Å². The minimum absolute atomic E-state index is 0.209. The van der Waals surface area contributed by atoms with Gasteiger partial charge in [-0.15, -0.1) is 0 Å². The number of fused-ring (bicyclic) bond motifs is 1. The summed E-state index contributed by atoms with van der Waals surface area (Å²) in [6.07, 6.45) is 1.21. The van der Waals surface area contributed by atoms with Crippen molar-refractivity contribution in [2.45, 2.75) is 38.5 Å². The van der Waals surface area contributed by atoms with Crippen LogP contribution in [0.4, 0.5) is 0 Å². The number of carbonyl (C=O) groups excluding carboxylic acids is 2. The van der Waals surface area contributed by atoms with E-state index in [9.17, 15) is 9.59 Å². The Kier molecular flexibility index (Phi) is 5.35. The first-order valence-electron chi connectivity index (χ1n) is 10.9. The third-order valence-corrected chi connectivity index (χ3v) is 6.45. The molecule has 0 aromatic heterocycles. The summed E-state index contributed by atoms with van der Waals surface area (Å²) in [5, 5.41) is 2.97. The molecule has 7 heteroatoms. The maximum absolute atomic E-state index is 13.2. The van der Waals surface area contributed by atoms with Crippen molar-refractivity contribution >= 4 is 11.9 Å². The number of piperidine rings is 1. The highest BCUT2D eigenvalue weighted by Gasteiger charge is 2.50. The standard InChI is InChI=1S/C25H26N2O5/c1-17-22(23(28)26-14-19-7-8-20-21(13-19)31-16-30-20)25(32-24(17)29)9-11-27(12-10-25)15-18-5-3-2-4-6-18/h2-8,13H,9-12,14-16H2,1H3,(H,26,28). The first-order valence-corrected chi connectivity index (χ1v) is 10.9. The van der Waals surface area contributed by atoms with E-state index < -0.39 is 11.6 Å². The summed E-state index contributed by atoms with van der Waals surface area (Å²) in [4.78, 5) is 28.0. The van der Waals surface area contributed by atoms with E-state index in [1.807, 2.05) is 36.4 Å². The Hall–Kier alpha value is -3.32. The number of nitrogens with zero attached hydrogens (tertiary/aromatic N) is 1. The summed E-state index contributed by atoms with van der Waals surface area (Å²) in [5.74, 6) is 0.737. The second-order valence-corrected chi connectivity index (χ2v) is 8.52. The zero-order valence-corrected chi connectivity index (χ0v) is 18.1. The van der Waals surface area contributed by atoms with Crippen molar-refractivity contribution in [1.29, 1.82) is 0 Å². The lowest BCUT2D eigenvalue weighted by Crippen LogP contribution is -2.48. The van der Waals surface area contributed by atoms with Crippen molar-refractivity contribution in [3.05, 3.63) is 70.8 Å². The Morgan fingerprint density at radius 1 is 1.03 bits per heavy atom. The number of rotatable bonds is 5. The van der Waals surface area contributed by atoms with E-state index in [1.54, 1.807) is 6.92 Å². The molecule has 0 bridgehead atoms. The van der Waals surface area contributed by atoms with Gasteiger partial charge in [-0.25, -0.2) is 4.79 Å². The van der Waals surface area contributed by atoms with Crippen molar-refractivity contribution in [3.8, 4) is 11.5 Å². The van der Waals surface area contributed by atoms with Gasteiger partial charge in [0.2, 0.25) is 6.79 Å². The Morgan fingerprint density at radius 3 is 2.56 bits per heavy atom. The quantitative estimate of drug-likeness (QED) is 0.730. The Labute approximate surface area is 186 Å². The molecule has 2 aromatic carbocycles. The van der Waals surface area contributed by atoms with Crippen LogP contribution >= 0.6 is 0 Å². The van der Waals surface area contributed by atoms with E-state index in [4.69, 9.17) is 14.2 Å². The average molecular weight is 434 g/mol. The topological polar surface area (TPSA) is 77.1 Å². The lowest BCUT2D eigenvalue weighted by atomic mass is 9.82. The molecule has 0 unspecified atom stereocenters. The van der Waals surface area contributed by atoms with Gasteiger partial charge in [0, 0.05) is 44.6 Å². The number of carbonyl (C=O) groups is 2. The number of hydrogen-bond acceptors (Lipinski definition) is 6. The molecular formula is C25H26N2O5. The van der Waals surface area contributed by atoms with Crippen LogP contribution in [0.3, 0.4) is 0 Å². The largest absolute Gasteiger partial charge is 0.454 e. The van der Waals surface area contributed by atoms with Crippen molar-refractivity contribution in [1.82, 2.24) is 10.2 Å². The zero-order valence-electron chi connectivity index (χ0n) is 18.1. The number of esters is 1. The highest BCUT2D eigenvalue weighted by molar-refractivity contribution is 6.07. The second-order valence-electron chi connectivity index (χ2n) is 8.52. The fourth-order valence-corrected chi connectivity index (χ4v) is 4.71. The number of ether oxygens (including phenoxy) is 3. The first-order chi connectivity index (χ1) is 15.5. The summed E-state index contributed by atoms with van der Waals surface area (Å²) >= 11 is 0. The van der Waals surface area contributed by atoms with E-state index in [1.165, 1.54) is 5.56 Å². The molecule has 1 amide bonds. The first kappa shape index (κ1) is 20.6. The van der Waals surface area contributed by atoms with Gasteiger partial charge in [-0.3, -0.25) is 9.69 Å². The van der Waals surface area contributed by atoms with Crippen LogP contribution in [0, 0.1) is 0 Å². The Balaban J connectivity index is 1.26. The monoisotopic (exact) mass is 434 g/mol. The molecule has 1 N–H and O–H groups in total. The molecule has 0 aliphatic carbocycles. The lowest BCUT2D eigenvalue weighted by Gasteiger charge is -2.39. The molecule has 2 aromatic rings. The highest BCUT2D eigenvalue weighted by atomic mass is 16.7. The van der Waals surface area contributed by atoms with Crippen molar-refractivity contribution < 1.29 is 23.8 Å². The van der Waals surface area contributed by atoms with Gasteiger partial charge in [-0.1, -0.05) is 36.4 Å². The van der Waals surface area contributed by atoms with Crippen LogP contribution in [0.2, 0.25) is 0 Å². The molecule has 5 rings (SSSR count). The average Bonchev–Trinajstić information content (AvgIpc) is 3.36. The Morgan fingerprint density at radius 2 is 1.78 bits per heavy atom. The van der Waals surface area contributed by atoms with E-state index in [0.717, 1.165) is 25.2 Å². The smallest absolute Gasteiger partial charge is 0.335 e. The molecule has 3 aliphatic rings. The number of benzene rings is 2. The van der Waals surface area contributed by atoms with Crippen LogP contribution in [0.15, 0.2) is 59.7 Å². The fourth-order valence-electron chi connectivity index (χ4n) is 4.71. The molecule has 0 atom stereocenters. The fraction of sp³-hybridized carbons (Fsp3) is 0.360. The van der Waals surface area contributed by atoms with E-state index in [2.05, 4.69) is 22.3 Å². The van der Waals surface area contributed by atoms with Gasteiger partial charge in [-0.2, -0.15) is 0 Å². The van der Waals surface area contributed by atoms with Gasteiger partial charge in [-0.05, 0) is 30.2 Å². The molecule has 3 aliphatic heterocycles. The second kappa shape index (κ2) is 8.31. The van der Waals surface area contributed by atoms with E-state index in [-0.39, 0.29) is 12.7 Å². The third kappa shape index (κ3) is 3.84. The predicted molar refractivity (Wildman–Crippen MR) is 117 cm³/mol. The van der Waals surface area contributed by atoms with Crippen molar-refractivity contribution in [3.63, 3.8) is 0 Å². The SMILES string of the molecule is CC1=C(C(=O)NCc2ccc3c(c2)OCO3)C2(CCN(Cc3ccccc3)CC2)OC1=O.